The minimum Gasteiger partial charge on any atom is -0.322 e. The maximum absolute atomic E-state index is 12.5. The predicted molar refractivity (Wildman–Crippen MR) is 112 cm³/mol. The van der Waals surface area contributed by atoms with Gasteiger partial charge in [0.2, 0.25) is 15.9 Å². The summed E-state index contributed by atoms with van der Waals surface area (Å²) in [6.07, 6.45) is 1.38. The minimum atomic E-state index is -3.70. The molecule has 2 aromatic rings. The molecular weight excluding hydrogens is 390 g/mol. The summed E-state index contributed by atoms with van der Waals surface area (Å²) in [6.45, 7) is 5.97. The number of hydrogen-bond acceptors (Lipinski definition) is 4. The predicted octanol–water partition coefficient (Wildman–Crippen LogP) is 3.14. The molecule has 8 heteroatoms. The molecule has 0 aromatic heterocycles. The van der Waals surface area contributed by atoms with Crippen molar-refractivity contribution in [2.45, 2.75) is 44.0 Å². The highest BCUT2D eigenvalue weighted by atomic mass is 32.2. The Morgan fingerprint density at radius 3 is 2.34 bits per heavy atom. The summed E-state index contributed by atoms with van der Waals surface area (Å²) < 4.78 is 27.6. The van der Waals surface area contributed by atoms with Gasteiger partial charge in [-0.15, -0.1) is 0 Å². The van der Waals surface area contributed by atoms with E-state index in [0.717, 1.165) is 12.1 Å². The maximum atomic E-state index is 12.5. The van der Waals surface area contributed by atoms with Crippen molar-refractivity contribution in [2.24, 2.45) is 0 Å². The lowest BCUT2D eigenvalue weighted by Crippen LogP contribution is -2.40. The molecule has 7 nitrogen and oxygen atoms in total. The van der Waals surface area contributed by atoms with Crippen LogP contribution in [0.2, 0.25) is 0 Å². The van der Waals surface area contributed by atoms with Crippen LogP contribution in [0.25, 0.3) is 0 Å². The molecule has 1 aliphatic heterocycles. The van der Waals surface area contributed by atoms with Crippen molar-refractivity contribution in [1.82, 2.24) is 4.72 Å². The Morgan fingerprint density at radius 2 is 1.76 bits per heavy atom. The number of hydrogen-bond donors (Lipinski definition) is 2. The fraction of sp³-hybridized carbons (Fsp3) is 0.333. The van der Waals surface area contributed by atoms with Crippen molar-refractivity contribution in [1.29, 1.82) is 0 Å². The van der Waals surface area contributed by atoms with E-state index in [1.165, 1.54) is 12.1 Å². The Bertz CT molecular complexity index is 1020. The molecule has 1 aliphatic rings. The topological polar surface area (TPSA) is 95.6 Å². The second-order valence-electron chi connectivity index (χ2n) is 8.03. The van der Waals surface area contributed by atoms with Crippen LogP contribution in [0, 0.1) is 0 Å². The molecular formula is C21H25N3O4S. The highest BCUT2D eigenvalue weighted by Gasteiger charge is 2.23. The third-order valence-electron chi connectivity index (χ3n) is 4.36. The Labute approximate surface area is 171 Å². The van der Waals surface area contributed by atoms with Gasteiger partial charge in [0.05, 0.1) is 4.90 Å². The highest BCUT2D eigenvalue weighted by Crippen LogP contribution is 2.22. The Balaban J connectivity index is 1.73. The summed E-state index contributed by atoms with van der Waals surface area (Å²) in [5.74, 6) is -0.272. The van der Waals surface area contributed by atoms with Crippen molar-refractivity contribution in [3.63, 3.8) is 0 Å². The largest absolute Gasteiger partial charge is 0.322 e. The first-order valence-electron chi connectivity index (χ1n) is 9.41. The molecule has 0 spiro atoms. The number of amides is 2. The van der Waals surface area contributed by atoms with Crippen molar-refractivity contribution in [2.75, 3.05) is 16.8 Å². The number of carbonyl (C=O) groups is 2. The summed E-state index contributed by atoms with van der Waals surface area (Å²) >= 11 is 0. The molecule has 1 saturated heterocycles. The number of nitrogens with one attached hydrogen (secondary N) is 2. The van der Waals surface area contributed by atoms with E-state index in [1.807, 2.05) is 0 Å². The fourth-order valence-electron chi connectivity index (χ4n) is 3.12. The molecule has 0 unspecified atom stereocenters. The van der Waals surface area contributed by atoms with Crippen LogP contribution in [-0.2, 0) is 14.8 Å². The molecule has 3 rings (SSSR count). The normalized spacial score (nSPS) is 14.9. The van der Waals surface area contributed by atoms with Gasteiger partial charge in [0.25, 0.3) is 5.91 Å². The molecule has 0 aliphatic carbocycles. The van der Waals surface area contributed by atoms with Gasteiger partial charge in [0.1, 0.15) is 0 Å². The molecule has 0 radical (unpaired) electrons. The second-order valence-corrected chi connectivity index (χ2v) is 9.72. The lowest BCUT2D eigenvalue weighted by molar-refractivity contribution is -0.117. The van der Waals surface area contributed by atoms with E-state index in [1.54, 1.807) is 62.1 Å². The van der Waals surface area contributed by atoms with Crippen LogP contribution in [0.15, 0.2) is 53.4 Å². The zero-order valence-corrected chi connectivity index (χ0v) is 17.5. The zero-order valence-electron chi connectivity index (χ0n) is 16.7. The lowest BCUT2D eigenvalue weighted by atomic mass is 10.1. The average Bonchev–Trinajstić information content (AvgIpc) is 3.06. The number of sulfonamides is 1. The van der Waals surface area contributed by atoms with Crippen LogP contribution in [0.1, 0.15) is 44.0 Å². The number of benzene rings is 2. The molecule has 2 aromatic carbocycles. The zero-order chi connectivity index (χ0) is 21.2. The van der Waals surface area contributed by atoms with E-state index in [0.29, 0.717) is 24.2 Å². The van der Waals surface area contributed by atoms with Gasteiger partial charge in [0, 0.05) is 35.4 Å². The van der Waals surface area contributed by atoms with Gasteiger partial charge in [-0.05, 0) is 69.7 Å². The SMILES string of the molecule is CC(C)(C)NS(=O)(=O)c1cccc(NC(=O)c2ccc(N3CCCC3=O)cc2)c1. The van der Waals surface area contributed by atoms with Crippen LogP contribution >= 0.6 is 0 Å². The van der Waals surface area contributed by atoms with Gasteiger partial charge in [-0.25, -0.2) is 13.1 Å². The maximum Gasteiger partial charge on any atom is 0.255 e. The first-order valence-corrected chi connectivity index (χ1v) is 10.9. The standard InChI is InChI=1S/C21H25N3O4S/c1-21(2,3)23-29(27,28)18-7-4-6-16(14-18)22-20(26)15-9-11-17(12-10-15)24-13-5-8-19(24)25/h4,6-7,9-12,14,23H,5,8,13H2,1-3H3,(H,22,26). The average molecular weight is 416 g/mol. The molecule has 0 bridgehead atoms. The Hall–Kier alpha value is -2.71. The van der Waals surface area contributed by atoms with Crippen molar-refractivity contribution >= 4 is 33.2 Å². The summed E-state index contributed by atoms with van der Waals surface area (Å²) in [5.41, 5.74) is 0.953. The van der Waals surface area contributed by atoms with Crippen LogP contribution in [-0.4, -0.2) is 32.3 Å². The second kappa shape index (κ2) is 7.96. The van der Waals surface area contributed by atoms with E-state index < -0.39 is 15.6 Å². The summed E-state index contributed by atoms with van der Waals surface area (Å²) in [4.78, 5) is 26.2. The number of anilines is 2. The Morgan fingerprint density at radius 1 is 1.07 bits per heavy atom. The van der Waals surface area contributed by atoms with Gasteiger partial charge >= 0.3 is 0 Å². The minimum absolute atomic E-state index is 0.0770. The molecule has 1 heterocycles. The van der Waals surface area contributed by atoms with Gasteiger partial charge < -0.3 is 10.2 Å². The third-order valence-corrected chi connectivity index (χ3v) is 6.11. The summed E-state index contributed by atoms with van der Waals surface area (Å²) in [6, 6.07) is 12.9. The molecule has 0 saturated carbocycles. The van der Waals surface area contributed by atoms with Gasteiger partial charge in [-0.3, -0.25) is 9.59 Å². The van der Waals surface area contributed by atoms with Crippen LogP contribution in [0.3, 0.4) is 0 Å². The van der Waals surface area contributed by atoms with Crippen molar-refractivity contribution < 1.29 is 18.0 Å². The monoisotopic (exact) mass is 415 g/mol. The van der Waals surface area contributed by atoms with E-state index in [4.69, 9.17) is 0 Å². The quantitative estimate of drug-likeness (QED) is 0.784. The first-order chi connectivity index (χ1) is 13.5. The molecule has 29 heavy (non-hydrogen) atoms. The van der Waals surface area contributed by atoms with Gasteiger partial charge in [-0.1, -0.05) is 6.07 Å². The van der Waals surface area contributed by atoms with Gasteiger partial charge in [0.15, 0.2) is 0 Å². The van der Waals surface area contributed by atoms with Gasteiger partial charge in [-0.2, -0.15) is 0 Å². The molecule has 2 N–H and O–H groups in total. The lowest BCUT2D eigenvalue weighted by Gasteiger charge is -2.20. The molecule has 2 amide bonds. The number of carbonyl (C=O) groups excluding carboxylic acids is 2. The fourth-order valence-corrected chi connectivity index (χ4v) is 4.58. The van der Waals surface area contributed by atoms with Crippen molar-refractivity contribution in [3.05, 3.63) is 54.1 Å². The smallest absolute Gasteiger partial charge is 0.255 e. The summed E-state index contributed by atoms with van der Waals surface area (Å²) in [5, 5.41) is 2.72. The van der Waals surface area contributed by atoms with E-state index >= 15 is 0 Å². The van der Waals surface area contributed by atoms with E-state index in [2.05, 4.69) is 10.0 Å². The highest BCUT2D eigenvalue weighted by molar-refractivity contribution is 7.89. The van der Waals surface area contributed by atoms with Crippen LogP contribution < -0.4 is 14.9 Å². The number of nitrogens with zero attached hydrogens (tertiary/aromatic N) is 1. The van der Waals surface area contributed by atoms with E-state index in [-0.39, 0.29) is 16.7 Å². The first kappa shape index (κ1) is 21.0. The van der Waals surface area contributed by atoms with Crippen LogP contribution in [0.4, 0.5) is 11.4 Å². The molecule has 1 fully saturated rings. The third kappa shape index (κ3) is 5.21. The Kier molecular flexibility index (Phi) is 5.77. The van der Waals surface area contributed by atoms with Crippen LogP contribution in [0.5, 0.6) is 0 Å². The van der Waals surface area contributed by atoms with E-state index in [9.17, 15) is 18.0 Å². The summed E-state index contributed by atoms with van der Waals surface area (Å²) in [7, 11) is -3.70. The molecule has 0 atom stereocenters. The molecule has 154 valence electrons. The van der Waals surface area contributed by atoms with Crippen molar-refractivity contribution in [3.8, 4) is 0 Å². The number of rotatable bonds is 5.